The van der Waals surface area contributed by atoms with E-state index < -0.39 is 0 Å². The van der Waals surface area contributed by atoms with Gasteiger partial charge in [-0.1, -0.05) is 49.9 Å². The second kappa shape index (κ2) is 5.22. The highest BCUT2D eigenvalue weighted by Gasteiger charge is 2.26. The van der Waals surface area contributed by atoms with Crippen molar-refractivity contribution in [1.82, 2.24) is 5.16 Å². The van der Waals surface area contributed by atoms with Crippen LogP contribution in [0.1, 0.15) is 75.7 Å². The van der Waals surface area contributed by atoms with Gasteiger partial charge in [0, 0.05) is 11.8 Å². The van der Waals surface area contributed by atoms with Crippen molar-refractivity contribution in [2.45, 2.75) is 64.2 Å². The Morgan fingerprint density at radius 1 is 1.38 bits per heavy atom. The monoisotopic (exact) mass is 241 g/mol. The van der Waals surface area contributed by atoms with Crippen LogP contribution in [0.5, 0.6) is 0 Å². The number of halogens is 1. The van der Waals surface area contributed by atoms with E-state index in [1.165, 1.54) is 32.1 Å². The molecule has 16 heavy (non-hydrogen) atoms. The lowest BCUT2D eigenvalue weighted by Crippen LogP contribution is -2.04. The molecule has 1 aromatic rings. The molecule has 0 N–H and O–H groups in total. The Kier molecular flexibility index (Phi) is 3.91. The molecule has 3 heteroatoms. The zero-order chi connectivity index (χ0) is 11.5. The molecule has 1 fully saturated rings. The molecule has 1 aliphatic rings. The first-order valence-electron chi connectivity index (χ1n) is 6.39. The summed E-state index contributed by atoms with van der Waals surface area (Å²) < 4.78 is 5.48. The summed E-state index contributed by atoms with van der Waals surface area (Å²) in [7, 11) is 0. The van der Waals surface area contributed by atoms with Gasteiger partial charge < -0.3 is 4.52 Å². The first-order valence-corrected chi connectivity index (χ1v) is 6.76. The first-order chi connectivity index (χ1) is 7.74. The molecule has 0 aromatic carbocycles. The Morgan fingerprint density at radius 2 is 2.06 bits per heavy atom. The van der Waals surface area contributed by atoms with E-state index in [-0.39, 0.29) is 0 Å². The third-order valence-electron chi connectivity index (χ3n) is 3.74. The molecule has 1 atom stereocenters. The standard InChI is InChI=1S/C13H20ClNO/c1-3-9(2)12-11(14)13(16-15-12)10-7-5-4-6-8-10/h9-10H,3-8H2,1-2H3. The first kappa shape index (κ1) is 12.0. The highest BCUT2D eigenvalue weighted by molar-refractivity contribution is 6.31. The quantitative estimate of drug-likeness (QED) is 0.753. The molecule has 0 spiro atoms. The third kappa shape index (κ3) is 2.27. The highest BCUT2D eigenvalue weighted by Crippen LogP contribution is 2.39. The maximum Gasteiger partial charge on any atom is 0.158 e. The summed E-state index contributed by atoms with van der Waals surface area (Å²) in [4.78, 5) is 0. The largest absolute Gasteiger partial charge is 0.359 e. The van der Waals surface area contributed by atoms with Gasteiger partial charge in [0.15, 0.2) is 5.76 Å². The second-order valence-electron chi connectivity index (χ2n) is 4.89. The molecule has 0 amide bonds. The van der Waals surface area contributed by atoms with Crippen LogP contribution < -0.4 is 0 Å². The van der Waals surface area contributed by atoms with Gasteiger partial charge in [-0.25, -0.2) is 0 Å². The average molecular weight is 242 g/mol. The number of aromatic nitrogens is 1. The summed E-state index contributed by atoms with van der Waals surface area (Å²) in [6.07, 6.45) is 7.39. The number of hydrogen-bond donors (Lipinski definition) is 0. The van der Waals surface area contributed by atoms with E-state index in [0.29, 0.717) is 11.8 Å². The summed E-state index contributed by atoms with van der Waals surface area (Å²) in [5.41, 5.74) is 0.949. The lowest BCUT2D eigenvalue weighted by molar-refractivity contribution is 0.317. The van der Waals surface area contributed by atoms with E-state index in [0.717, 1.165) is 22.9 Å². The van der Waals surface area contributed by atoms with E-state index in [2.05, 4.69) is 19.0 Å². The minimum Gasteiger partial charge on any atom is -0.359 e. The van der Waals surface area contributed by atoms with Crippen LogP contribution >= 0.6 is 11.6 Å². The van der Waals surface area contributed by atoms with Gasteiger partial charge in [0.05, 0.1) is 0 Å². The van der Waals surface area contributed by atoms with Crippen LogP contribution in [0.3, 0.4) is 0 Å². The maximum atomic E-state index is 6.38. The fraction of sp³-hybridized carbons (Fsp3) is 0.769. The Hall–Kier alpha value is -0.500. The fourth-order valence-corrected chi connectivity index (χ4v) is 2.83. The van der Waals surface area contributed by atoms with Crippen molar-refractivity contribution in [3.05, 3.63) is 16.5 Å². The van der Waals surface area contributed by atoms with E-state index in [9.17, 15) is 0 Å². The van der Waals surface area contributed by atoms with E-state index in [4.69, 9.17) is 16.1 Å². The number of nitrogens with zero attached hydrogens (tertiary/aromatic N) is 1. The predicted octanol–water partition coefficient (Wildman–Crippen LogP) is 4.89. The van der Waals surface area contributed by atoms with Crippen LogP contribution in [0.15, 0.2) is 4.52 Å². The van der Waals surface area contributed by atoms with Crippen LogP contribution in [0.25, 0.3) is 0 Å². The fourth-order valence-electron chi connectivity index (χ4n) is 2.42. The summed E-state index contributed by atoms with van der Waals surface area (Å²) in [6, 6.07) is 0. The zero-order valence-corrected chi connectivity index (χ0v) is 10.9. The van der Waals surface area contributed by atoms with Crippen molar-refractivity contribution in [3.8, 4) is 0 Å². The van der Waals surface area contributed by atoms with E-state index >= 15 is 0 Å². The smallest absolute Gasteiger partial charge is 0.158 e. The molecule has 2 rings (SSSR count). The molecule has 0 radical (unpaired) electrons. The normalized spacial score (nSPS) is 19.9. The van der Waals surface area contributed by atoms with Gasteiger partial charge in [0.1, 0.15) is 10.7 Å². The molecule has 90 valence electrons. The van der Waals surface area contributed by atoms with E-state index in [1.54, 1.807) is 0 Å². The molecule has 0 bridgehead atoms. The molecule has 0 saturated heterocycles. The molecule has 1 saturated carbocycles. The van der Waals surface area contributed by atoms with Crippen molar-refractivity contribution in [2.24, 2.45) is 0 Å². The number of rotatable bonds is 3. The van der Waals surface area contributed by atoms with Gasteiger partial charge in [-0.2, -0.15) is 0 Å². The molecule has 0 aliphatic heterocycles. The van der Waals surface area contributed by atoms with Gasteiger partial charge >= 0.3 is 0 Å². The summed E-state index contributed by atoms with van der Waals surface area (Å²) in [5.74, 6) is 1.84. The Balaban J connectivity index is 2.18. The van der Waals surface area contributed by atoms with Crippen molar-refractivity contribution in [3.63, 3.8) is 0 Å². The van der Waals surface area contributed by atoms with Crippen LogP contribution in [-0.2, 0) is 0 Å². The Morgan fingerprint density at radius 3 is 2.69 bits per heavy atom. The molecule has 2 nitrogen and oxygen atoms in total. The topological polar surface area (TPSA) is 26.0 Å². The summed E-state index contributed by atoms with van der Waals surface area (Å²) >= 11 is 6.38. The summed E-state index contributed by atoms with van der Waals surface area (Å²) in [5, 5.41) is 4.95. The lowest BCUT2D eigenvalue weighted by atomic mass is 9.87. The van der Waals surface area contributed by atoms with Gasteiger partial charge in [-0.15, -0.1) is 0 Å². The van der Waals surface area contributed by atoms with Gasteiger partial charge in [-0.05, 0) is 19.3 Å². The van der Waals surface area contributed by atoms with Crippen LogP contribution in [-0.4, -0.2) is 5.16 Å². The molecular weight excluding hydrogens is 222 g/mol. The SMILES string of the molecule is CCC(C)c1noc(C2CCCCC2)c1Cl. The Labute approximate surface area is 102 Å². The third-order valence-corrected chi connectivity index (χ3v) is 4.12. The number of hydrogen-bond acceptors (Lipinski definition) is 2. The van der Waals surface area contributed by atoms with Crippen LogP contribution in [0, 0.1) is 0 Å². The predicted molar refractivity (Wildman–Crippen MR) is 66.0 cm³/mol. The maximum absolute atomic E-state index is 6.38. The van der Waals surface area contributed by atoms with Crippen molar-refractivity contribution < 1.29 is 4.52 Å². The van der Waals surface area contributed by atoms with Crippen LogP contribution in [0.2, 0.25) is 5.02 Å². The Bertz CT molecular complexity index is 342. The molecule has 1 aromatic heterocycles. The van der Waals surface area contributed by atoms with Gasteiger partial charge in [-0.3, -0.25) is 0 Å². The highest BCUT2D eigenvalue weighted by atomic mass is 35.5. The minimum absolute atomic E-state index is 0.397. The van der Waals surface area contributed by atoms with E-state index in [1.807, 2.05) is 0 Å². The van der Waals surface area contributed by atoms with Crippen molar-refractivity contribution in [1.29, 1.82) is 0 Å². The minimum atomic E-state index is 0.397. The molecule has 1 aliphatic carbocycles. The van der Waals surface area contributed by atoms with Gasteiger partial charge in [0.2, 0.25) is 0 Å². The van der Waals surface area contributed by atoms with Crippen LogP contribution in [0.4, 0.5) is 0 Å². The zero-order valence-electron chi connectivity index (χ0n) is 10.1. The van der Waals surface area contributed by atoms with Gasteiger partial charge in [0.25, 0.3) is 0 Å². The molecular formula is C13H20ClNO. The van der Waals surface area contributed by atoms with Crippen molar-refractivity contribution in [2.75, 3.05) is 0 Å². The van der Waals surface area contributed by atoms with Crippen molar-refractivity contribution >= 4 is 11.6 Å². The summed E-state index contributed by atoms with van der Waals surface area (Å²) in [6.45, 7) is 4.30. The molecule has 1 heterocycles. The second-order valence-corrected chi connectivity index (χ2v) is 5.27. The molecule has 1 unspecified atom stereocenters. The average Bonchev–Trinajstić information content (AvgIpc) is 2.71. The lowest BCUT2D eigenvalue weighted by Gasteiger charge is -2.18.